The molecule has 0 aromatic heterocycles. The van der Waals surface area contributed by atoms with Gasteiger partial charge in [-0.25, -0.2) is 4.79 Å². The predicted octanol–water partition coefficient (Wildman–Crippen LogP) is 3.48. The second-order valence-electron chi connectivity index (χ2n) is 7.15. The highest BCUT2D eigenvalue weighted by Gasteiger charge is 2.28. The third-order valence-electron chi connectivity index (χ3n) is 3.95. The molecule has 0 saturated carbocycles. The monoisotopic (exact) mass is 341 g/mol. The van der Waals surface area contributed by atoms with Crippen molar-refractivity contribution in [1.82, 2.24) is 0 Å². The molecule has 0 bridgehead atoms. The van der Waals surface area contributed by atoms with Crippen molar-refractivity contribution in [3.63, 3.8) is 0 Å². The Balaban J connectivity index is 2.18. The standard InChI is InChI=1S/C20H23NO4/c1-12-5-7-13(8-6-12)19(24)25-16-10-9-14(11-15(16)22)17(23)18(21)20(2,3)4/h5-11,18,22H,21H2,1-4H3. The molecule has 0 heterocycles. The van der Waals surface area contributed by atoms with Crippen LogP contribution in [0.2, 0.25) is 0 Å². The largest absolute Gasteiger partial charge is 0.504 e. The van der Waals surface area contributed by atoms with Gasteiger partial charge in [-0.05, 0) is 42.7 Å². The van der Waals surface area contributed by atoms with Crippen molar-refractivity contribution in [1.29, 1.82) is 0 Å². The number of phenols is 1. The fourth-order valence-electron chi connectivity index (χ4n) is 2.18. The molecule has 0 aliphatic rings. The fraction of sp³-hybridized carbons (Fsp3) is 0.300. The SMILES string of the molecule is Cc1ccc(C(=O)Oc2ccc(C(=O)C(N)C(C)(C)C)cc2O)cc1. The van der Waals surface area contributed by atoms with Crippen LogP contribution in [0.15, 0.2) is 42.5 Å². The van der Waals surface area contributed by atoms with Crippen LogP contribution in [0.4, 0.5) is 0 Å². The van der Waals surface area contributed by atoms with Gasteiger partial charge in [-0.15, -0.1) is 0 Å². The molecule has 0 saturated heterocycles. The summed E-state index contributed by atoms with van der Waals surface area (Å²) in [6, 6.07) is 10.3. The topological polar surface area (TPSA) is 89.6 Å². The summed E-state index contributed by atoms with van der Waals surface area (Å²) in [5.74, 6) is -1.15. The first-order valence-corrected chi connectivity index (χ1v) is 8.01. The molecule has 0 aliphatic heterocycles. The van der Waals surface area contributed by atoms with E-state index < -0.39 is 17.4 Å². The number of nitrogens with two attached hydrogens (primary N) is 1. The molecule has 0 fully saturated rings. The van der Waals surface area contributed by atoms with Crippen LogP contribution in [0.25, 0.3) is 0 Å². The Morgan fingerprint density at radius 2 is 1.60 bits per heavy atom. The maximum absolute atomic E-state index is 12.4. The second-order valence-corrected chi connectivity index (χ2v) is 7.15. The van der Waals surface area contributed by atoms with E-state index in [-0.39, 0.29) is 22.8 Å². The molecule has 1 unspecified atom stereocenters. The number of aryl methyl sites for hydroxylation is 1. The zero-order valence-corrected chi connectivity index (χ0v) is 14.9. The van der Waals surface area contributed by atoms with Crippen LogP contribution in [0.1, 0.15) is 47.1 Å². The number of carbonyl (C=O) groups is 2. The Kier molecular flexibility index (Phi) is 5.28. The van der Waals surface area contributed by atoms with Gasteiger partial charge in [0.15, 0.2) is 17.3 Å². The molecular weight excluding hydrogens is 318 g/mol. The Hall–Kier alpha value is -2.66. The lowest BCUT2D eigenvalue weighted by atomic mass is 9.83. The van der Waals surface area contributed by atoms with Gasteiger partial charge in [0.05, 0.1) is 11.6 Å². The van der Waals surface area contributed by atoms with Crippen molar-refractivity contribution >= 4 is 11.8 Å². The molecule has 2 rings (SSSR count). The molecule has 132 valence electrons. The highest BCUT2D eigenvalue weighted by atomic mass is 16.5. The summed E-state index contributed by atoms with van der Waals surface area (Å²) in [4.78, 5) is 24.5. The Morgan fingerprint density at radius 3 is 2.12 bits per heavy atom. The number of esters is 1. The van der Waals surface area contributed by atoms with Crippen molar-refractivity contribution in [3.05, 3.63) is 59.2 Å². The molecule has 2 aromatic carbocycles. The lowest BCUT2D eigenvalue weighted by molar-refractivity contribution is 0.0729. The van der Waals surface area contributed by atoms with Crippen LogP contribution in [0, 0.1) is 12.3 Å². The Bertz CT molecular complexity index is 788. The quantitative estimate of drug-likeness (QED) is 0.505. The second kappa shape index (κ2) is 7.07. The van der Waals surface area contributed by atoms with E-state index >= 15 is 0 Å². The molecule has 2 aromatic rings. The number of hydrogen-bond donors (Lipinski definition) is 2. The minimum absolute atomic E-state index is 0.00791. The first kappa shape index (κ1) is 18.7. The molecule has 0 aliphatic carbocycles. The highest BCUT2D eigenvalue weighted by molar-refractivity contribution is 6.01. The molecule has 5 nitrogen and oxygen atoms in total. The molecule has 0 radical (unpaired) electrons. The van der Waals surface area contributed by atoms with Crippen LogP contribution in [0.5, 0.6) is 11.5 Å². The third-order valence-corrected chi connectivity index (χ3v) is 3.95. The number of carbonyl (C=O) groups excluding carboxylic acids is 2. The maximum atomic E-state index is 12.4. The van der Waals surface area contributed by atoms with Crippen LogP contribution >= 0.6 is 0 Å². The van der Waals surface area contributed by atoms with Gasteiger partial charge in [0.25, 0.3) is 0 Å². The molecular formula is C20H23NO4. The highest BCUT2D eigenvalue weighted by Crippen LogP contribution is 2.29. The fourth-order valence-corrected chi connectivity index (χ4v) is 2.18. The number of ether oxygens (including phenoxy) is 1. The molecule has 1 atom stereocenters. The van der Waals surface area contributed by atoms with Crippen molar-refractivity contribution in [2.24, 2.45) is 11.1 Å². The number of phenolic OH excluding ortho intramolecular Hbond substituents is 1. The maximum Gasteiger partial charge on any atom is 0.343 e. The van der Waals surface area contributed by atoms with Gasteiger partial charge in [-0.1, -0.05) is 38.5 Å². The summed E-state index contributed by atoms with van der Waals surface area (Å²) in [5.41, 5.74) is 7.24. The van der Waals surface area contributed by atoms with E-state index in [1.54, 1.807) is 24.3 Å². The van der Waals surface area contributed by atoms with Crippen LogP contribution in [-0.2, 0) is 0 Å². The number of Topliss-reactive ketones (excluding diaryl/α,β-unsaturated/α-hetero) is 1. The van der Waals surface area contributed by atoms with E-state index in [1.165, 1.54) is 18.2 Å². The predicted molar refractivity (Wildman–Crippen MR) is 96.0 cm³/mol. The van der Waals surface area contributed by atoms with E-state index in [0.717, 1.165) is 5.56 Å². The summed E-state index contributed by atoms with van der Waals surface area (Å²) < 4.78 is 5.20. The molecule has 0 spiro atoms. The number of rotatable bonds is 4. The number of benzene rings is 2. The van der Waals surface area contributed by atoms with Gasteiger partial charge in [0, 0.05) is 5.56 Å². The van der Waals surface area contributed by atoms with Crippen LogP contribution in [-0.4, -0.2) is 22.9 Å². The molecule has 0 amide bonds. The average Bonchev–Trinajstić information content (AvgIpc) is 2.55. The smallest absolute Gasteiger partial charge is 0.343 e. The third kappa shape index (κ3) is 4.45. The normalized spacial score (nSPS) is 12.5. The van der Waals surface area contributed by atoms with Crippen LogP contribution in [0.3, 0.4) is 0 Å². The van der Waals surface area contributed by atoms with Gasteiger partial charge in [-0.2, -0.15) is 0 Å². The zero-order chi connectivity index (χ0) is 18.8. The van der Waals surface area contributed by atoms with Gasteiger partial charge >= 0.3 is 5.97 Å². The Morgan fingerprint density at radius 1 is 1.04 bits per heavy atom. The molecule has 5 heteroatoms. The van der Waals surface area contributed by atoms with Gasteiger partial charge in [0.1, 0.15) is 0 Å². The van der Waals surface area contributed by atoms with E-state index in [4.69, 9.17) is 10.5 Å². The molecule has 25 heavy (non-hydrogen) atoms. The number of ketones is 1. The Labute approximate surface area is 147 Å². The lowest BCUT2D eigenvalue weighted by Gasteiger charge is -2.25. The minimum atomic E-state index is -0.701. The van der Waals surface area contributed by atoms with E-state index in [0.29, 0.717) is 5.56 Å². The van der Waals surface area contributed by atoms with E-state index in [1.807, 2.05) is 27.7 Å². The summed E-state index contributed by atoms with van der Waals surface area (Å²) in [7, 11) is 0. The number of aromatic hydroxyl groups is 1. The summed E-state index contributed by atoms with van der Waals surface area (Å²) in [5, 5.41) is 10.1. The first-order chi connectivity index (χ1) is 11.6. The van der Waals surface area contributed by atoms with Crippen molar-refractivity contribution in [3.8, 4) is 11.5 Å². The van der Waals surface area contributed by atoms with E-state index in [2.05, 4.69) is 0 Å². The summed E-state index contributed by atoms with van der Waals surface area (Å²) in [6.07, 6.45) is 0. The van der Waals surface area contributed by atoms with Gasteiger partial charge in [-0.3, -0.25) is 4.79 Å². The van der Waals surface area contributed by atoms with Crippen molar-refractivity contribution in [2.45, 2.75) is 33.7 Å². The summed E-state index contributed by atoms with van der Waals surface area (Å²) in [6.45, 7) is 7.52. The minimum Gasteiger partial charge on any atom is -0.504 e. The van der Waals surface area contributed by atoms with Crippen molar-refractivity contribution < 1.29 is 19.4 Å². The zero-order valence-electron chi connectivity index (χ0n) is 14.9. The number of hydrogen-bond acceptors (Lipinski definition) is 5. The lowest BCUT2D eigenvalue weighted by Crippen LogP contribution is -2.42. The van der Waals surface area contributed by atoms with Crippen molar-refractivity contribution in [2.75, 3.05) is 0 Å². The van der Waals surface area contributed by atoms with Gasteiger partial charge < -0.3 is 15.6 Å². The van der Waals surface area contributed by atoms with E-state index in [9.17, 15) is 14.7 Å². The van der Waals surface area contributed by atoms with Gasteiger partial charge in [0.2, 0.25) is 0 Å². The summed E-state index contributed by atoms with van der Waals surface area (Å²) >= 11 is 0. The average molecular weight is 341 g/mol. The van der Waals surface area contributed by atoms with Crippen LogP contribution < -0.4 is 10.5 Å². The first-order valence-electron chi connectivity index (χ1n) is 8.01. The molecule has 3 N–H and O–H groups in total.